The highest BCUT2D eigenvalue weighted by Gasteiger charge is 2.09. The maximum atomic E-state index is 13.5. The molecule has 0 saturated carbocycles. The van der Waals surface area contributed by atoms with Crippen LogP contribution in [0.3, 0.4) is 0 Å². The van der Waals surface area contributed by atoms with Gasteiger partial charge in [-0.05, 0) is 53.5 Å². The molecule has 1 atom stereocenters. The number of anilines is 2. The minimum absolute atomic E-state index is 0.191. The summed E-state index contributed by atoms with van der Waals surface area (Å²) in [4.78, 5) is 7.78. The van der Waals surface area contributed by atoms with E-state index in [1.165, 1.54) is 24.3 Å². The van der Waals surface area contributed by atoms with Crippen molar-refractivity contribution >= 4 is 33.5 Å². The third-order valence-corrected chi connectivity index (χ3v) is 4.61. The van der Waals surface area contributed by atoms with Crippen molar-refractivity contribution in [3.05, 3.63) is 72.7 Å². The Hall–Kier alpha value is -3.03. The van der Waals surface area contributed by atoms with Crippen LogP contribution < -0.4 is 5.32 Å². The summed E-state index contributed by atoms with van der Waals surface area (Å²) in [6, 6.07) is 16.5. The molecule has 0 fully saturated rings. The fourth-order valence-electron chi connectivity index (χ4n) is 2.78. The second-order valence-electron chi connectivity index (χ2n) is 5.70. The summed E-state index contributed by atoms with van der Waals surface area (Å²) in [5.74, 6) is 0.273. The van der Waals surface area contributed by atoms with Crippen LogP contribution in [0.2, 0.25) is 0 Å². The first kappa shape index (κ1) is 16.4. The normalized spacial score (nSPS) is 12.2. The highest BCUT2D eigenvalue weighted by Crippen LogP contribution is 2.30. The van der Waals surface area contributed by atoms with Gasteiger partial charge in [-0.2, -0.15) is 0 Å². The molecule has 0 aliphatic heterocycles. The van der Waals surface area contributed by atoms with Gasteiger partial charge in [0.25, 0.3) is 0 Å². The van der Waals surface area contributed by atoms with E-state index in [9.17, 15) is 13.2 Å². The number of rotatable bonds is 4. The Morgan fingerprint density at radius 3 is 2.73 bits per heavy atom. The van der Waals surface area contributed by atoms with Gasteiger partial charge in [0.15, 0.2) is 0 Å². The Bertz CT molecular complexity index is 1130. The van der Waals surface area contributed by atoms with Crippen LogP contribution in [0, 0.1) is 5.82 Å². The Morgan fingerprint density at radius 1 is 1.08 bits per heavy atom. The first-order valence-corrected chi connectivity index (χ1v) is 8.88. The van der Waals surface area contributed by atoms with E-state index in [2.05, 4.69) is 15.3 Å². The lowest BCUT2D eigenvalue weighted by Crippen LogP contribution is -1.95. The number of fused-ring (bicyclic) bond motifs is 1. The van der Waals surface area contributed by atoms with Crippen molar-refractivity contribution in [2.75, 3.05) is 5.32 Å². The summed E-state index contributed by atoms with van der Waals surface area (Å²) in [6.45, 7) is 0. The van der Waals surface area contributed by atoms with Crippen molar-refractivity contribution in [3.8, 4) is 11.3 Å². The molecule has 0 spiro atoms. The van der Waals surface area contributed by atoms with Gasteiger partial charge in [-0.3, -0.25) is 4.21 Å². The van der Waals surface area contributed by atoms with E-state index < -0.39 is 11.1 Å². The molecule has 4 aromatic rings. The molecular formula is C19H13FN3O2S-. The van der Waals surface area contributed by atoms with E-state index >= 15 is 0 Å². The number of H-pyrrole nitrogens is 1. The molecule has 2 aromatic carbocycles. The summed E-state index contributed by atoms with van der Waals surface area (Å²) in [7, 11) is 0. The molecule has 4 rings (SSSR count). The molecule has 7 heteroatoms. The molecule has 0 amide bonds. The van der Waals surface area contributed by atoms with Crippen LogP contribution in [0.15, 0.2) is 71.8 Å². The van der Waals surface area contributed by atoms with E-state index in [0.29, 0.717) is 11.5 Å². The number of nitrogens with one attached hydrogen (secondary N) is 2. The van der Waals surface area contributed by atoms with E-state index in [0.717, 1.165) is 22.2 Å². The minimum Gasteiger partial charge on any atom is -0.768 e. The first-order valence-electron chi connectivity index (χ1n) is 7.80. The van der Waals surface area contributed by atoms with Gasteiger partial charge in [0, 0.05) is 33.4 Å². The summed E-state index contributed by atoms with van der Waals surface area (Å²) in [6.07, 6.45) is 1.64. The van der Waals surface area contributed by atoms with Crippen LogP contribution in [0.25, 0.3) is 22.2 Å². The zero-order chi connectivity index (χ0) is 18.1. The second-order valence-corrected chi connectivity index (χ2v) is 6.64. The molecule has 0 aliphatic rings. The molecular weight excluding hydrogens is 353 g/mol. The minimum atomic E-state index is -2.30. The van der Waals surface area contributed by atoms with Crippen LogP contribution in [-0.4, -0.2) is 18.7 Å². The quantitative estimate of drug-likeness (QED) is 0.526. The average molecular weight is 366 g/mol. The van der Waals surface area contributed by atoms with E-state index in [1.807, 2.05) is 18.2 Å². The van der Waals surface area contributed by atoms with Gasteiger partial charge in [0.1, 0.15) is 11.6 Å². The number of hydrogen-bond donors (Lipinski definition) is 2. The molecule has 0 aliphatic carbocycles. The SMILES string of the molecule is O=S([O-])c1cccc(Nc2nccc3[nH]c(-c4cccc(F)c4)cc23)c1. The maximum absolute atomic E-state index is 13.5. The van der Waals surface area contributed by atoms with E-state index in [4.69, 9.17) is 0 Å². The largest absolute Gasteiger partial charge is 0.768 e. The molecule has 0 saturated heterocycles. The number of aromatic nitrogens is 2. The van der Waals surface area contributed by atoms with Crippen molar-refractivity contribution in [2.24, 2.45) is 0 Å². The Kier molecular flexibility index (Phi) is 4.24. The molecule has 5 nitrogen and oxygen atoms in total. The average Bonchev–Trinajstić information content (AvgIpc) is 3.07. The summed E-state index contributed by atoms with van der Waals surface area (Å²) in [5, 5.41) is 3.96. The second kappa shape index (κ2) is 6.70. The summed E-state index contributed by atoms with van der Waals surface area (Å²) >= 11 is -2.30. The molecule has 26 heavy (non-hydrogen) atoms. The molecule has 2 N–H and O–H groups in total. The predicted octanol–water partition coefficient (Wildman–Crippen LogP) is 4.35. The summed E-state index contributed by atoms with van der Waals surface area (Å²) in [5.41, 5.74) is 2.95. The van der Waals surface area contributed by atoms with E-state index in [-0.39, 0.29) is 10.7 Å². The fourth-order valence-corrected chi connectivity index (χ4v) is 3.19. The third kappa shape index (κ3) is 3.22. The lowest BCUT2D eigenvalue weighted by molar-refractivity contribution is 0.537. The number of hydrogen-bond acceptors (Lipinski definition) is 4. The van der Waals surface area contributed by atoms with E-state index in [1.54, 1.807) is 24.4 Å². The first-order chi connectivity index (χ1) is 12.6. The van der Waals surface area contributed by atoms with Crippen molar-refractivity contribution in [3.63, 3.8) is 0 Å². The van der Waals surface area contributed by atoms with Crippen molar-refractivity contribution in [1.82, 2.24) is 9.97 Å². The topological polar surface area (TPSA) is 80.8 Å². The zero-order valence-electron chi connectivity index (χ0n) is 13.4. The third-order valence-electron chi connectivity index (χ3n) is 3.97. The van der Waals surface area contributed by atoms with Crippen LogP contribution in [0.1, 0.15) is 0 Å². The number of benzene rings is 2. The maximum Gasteiger partial charge on any atom is 0.139 e. The predicted molar refractivity (Wildman–Crippen MR) is 98.4 cm³/mol. The Labute approximate surface area is 151 Å². The van der Waals surface area contributed by atoms with Gasteiger partial charge >= 0.3 is 0 Å². The van der Waals surface area contributed by atoms with Crippen LogP contribution in [-0.2, 0) is 11.1 Å². The van der Waals surface area contributed by atoms with Gasteiger partial charge in [-0.1, -0.05) is 18.2 Å². The van der Waals surface area contributed by atoms with Crippen molar-refractivity contribution < 1.29 is 13.2 Å². The van der Waals surface area contributed by atoms with Crippen molar-refractivity contribution in [1.29, 1.82) is 0 Å². The highest BCUT2D eigenvalue weighted by atomic mass is 32.2. The van der Waals surface area contributed by atoms with Gasteiger partial charge in [-0.15, -0.1) is 0 Å². The number of aromatic amines is 1. The van der Waals surface area contributed by atoms with Crippen LogP contribution in [0.4, 0.5) is 15.9 Å². The van der Waals surface area contributed by atoms with Crippen LogP contribution >= 0.6 is 0 Å². The van der Waals surface area contributed by atoms with Crippen LogP contribution in [0.5, 0.6) is 0 Å². The lowest BCUT2D eigenvalue weighted by atomic mass is 10.1. The summed E-state index contributed by atoms with van der Waals surface area (Å²) < 4.78 is 35.7. The monoisotopic (exact) mass is 366 g/mol. The van der Waals surface area contributed by atoms with Crippen molar-refractivity contribution in [2.45, 2.75) is 4.90 Å². The highest BCUT2D eigenvalue weighted by molar-refractivity contribution is 7.79. The lowest BCUT2D eigenvalue weighted by Gasteiger charge is -2.10. The Balaban J connectivity index is 1.74. The van der Waals surface area contributed by atoms with Gasteiger partial charge in [0.2, 0.25) is 0 Å². The number of pyridine rings is 1. The smallest absolute Gasteiger partial charge is 0.139 e. The fraction of sp³-hybridized carbons (Fsp3) is 0. The molecule has 1 unspecified atom stereocenters. The number of halogens is 1. The molecule has 0 radical (unpaired) electrons. The van der Waals surface area contributed by atoms with Gasteiger partial charge in [0.05, 0.1) is 5.52 Å². The standard InChI is InChI=1S/C19H14FN3O2S/c20-13-4-1-3-12(9-13)18-11-16-17(23-18)7-8-21-19(16)22-14-5-2-6-15(10-14)26(24)25/h1-11,23H,(H,21,22)(H,24,25)/p-1. The van der Waals surface area contributed by atoms with Gasteiger partial charge in [-0.25, -0.2) is 9.37 Å². The zero-order valence-corrected chi connectivity index (χ0v) is 14.2. The molecule has 2 aromatic heterocycles. The molecule has 2 heterocycles. The number of nitrogens with zero attached hydrogens (tertiary/aromatic N) is 1. The van der Waals surface area contributed by atoms with Gasteiger partial charge < -0.3 is 14.9 Å². The Morgan fingerprint density at radius 2 is 1.92 bits per heavy atom. The molecule has 130 valence electrons. The molecule has 0 bridgehead atoms.